The summed E-state index contributed by atoms with van der Waals surface area (Å²) in [5, 5.41) is 25.5. The van der Waals surface area contributed by atoms with E-state index in [-0.39, 0.29) is 12.8 Å². The Kier molecular flexibility index (Phi) is 11.6. The Hall–Kier alpha value is -4.78. The van der Waals surface area contributed by atoms with Crippen molar-refractivity contribution in [3.63, 3.8) is 0 Å². The molecule has 0 spiro atoms. The molecule has 0 aliphatic carbocycles. The van der Waals surface area contributed by atoms with Crippen LogP contribution in [-0.2, 0) is 41.6 Å². The highest BCUT2D eigenvalue weighted by Gasteiger charge is 2.31. The number of carboxylic acid groups (broad SMARTS) is 2. The van der Waals surface area contributed by atoms with E-state index in [0.29, 0.717) is 11.1 Å². The van der Waals surface area contributed by atoms with Crippen LogP contribution in [0, 0.1) is 0 Å². The first-order valence-electron chi connectivity index (χ1n) is 11.9. The third-order valence-corrected chi connectivity index (χ3v) is 5.58. The molecule has 4 amide bonds. The van der Waals surface area contributed by atoms with Gasteiger partial charge in [0.1, 0.15) is 18.1 Å². The minimum atomic E-state index is -1.63. The number of primary amides is 1. The first-order valence-corrected chi connectivity index (χ1v) is 11.9. The quantitative estimate of drug-likeness (QED) is 0.142. The highest BCUT2D eigenvalue weighted by atomic mass is 16.4. The minimum absolute atomic E-state index is 0.0166. The second kappa shape index (κ2) is 14.8. The van der Waals surface area contributed by atoms with E-state index in [4.69, 9.17) is 16.6 Å². The maximum absolute atomic E-state index is 13.4. The van der Waals surface area contributed by atoms with Gasteiger partial charge in [0.25, 0.3) is 0 Å². The maximum atomic E-state index is 13.4. The van der Waals surface area contributed by atoms with Gasteiger partial charge < -0.3 is 37.6 Å². The zero-order chi connectivity index (χ0) is 28.9. The van der Waals surface area contributed by atoms with Crippen molar-refractivity contribution in [2.45, 2.75) is 49.9 Å². The van der Waals surface area contributed by atoms with E-state index in [2.05, 4.69) is 16.0 Å². The molecule has 0 aromatic heterocycles. The molecule has 2 rings (SSSR count). The van der Waals surface area contributed by atoms with Crippen molar-refractivity contribution in [1.82, 2.24) is 16.0 Å². The molecule has 208 valence electrons. The number of benzene rings is 2. The number of aliphatic carboxylic acids is 2. The second-order valence-corrected chi connectivity index (χ2v) is 8.78. The minimum Gasteiger partial charge on any atom is -0.481 e. The summed E-state index contributed by atoms with van der Waals surface area (Å²) in [5.74, 6) is -6.32. The SMILES string of the molecule is NC(=O)CC(NC(=O)C(Cc1ccccc1)NC(=O)C(Cc1ccccc1)NC(=O)C(N)CC(=O)O)C(=O)O. The summed E-state index contributed by atoms with van der Waals surface area (Å²) in [5.41, 5.74) is 12.0. The molecule has 4 unspecified atom stereocenters. The largest absolute Gasteiger partial charge is 0.481 e. The van der Waals surface area contributed by atoms with E-state index < -0.39 is 72.6 Å². The van der Waals surface area contributed by atoms with Gasteiger partial charge in [-0.25, -0.2) is 4.79 Å². The number of carboxylic acids is 2. The lowest BCUT2D eigenvalue weighted by atomic mass is 10.0. The van der Waals surface area contributed by atoms with E-state index in [0.717, 1.165) is 0 Å². The van der Waals surface area contributed by atoms with Crippen molar-refractivity contribution in [1.29, 1.82) is 0 Å². The van der Waals surface area contributed by atoms with Crippen LogP contribution >= 0.6 is 0 Å². The number of hydrogen-bond donors (Lipinski definition) is 7. The van der Waals surface area contributed by atoms with Gasteiger partial charge >= 0.3 is 11.9 Å². The van der Waals surface area contributed by atoms with Crippen molar-refractivity contribution in [2.75, 3.05) is 0 Å². The molecular formula is C26H31N5O8. The Morgan fingerprint density at radius 3 is 1.44 bits per heavy atom. The fourth-order valence-corrected chi connectivity index (χ4v) is 3.62. The summed E-state index contributed by atoms with van der Waals surface area (Å²) in [4.78, 5) is 72.8. The number of nitrogens with two attached hydrogens (primary N) is 2. The molecule has 9 N–H and O–H groups in total. The van der Waals surface area contributed by atoms with Gasteiger partial charge in [0.15, 0.2) is 0 Å². The van der Waals surface area contributed by atoms with Crippen LogP contribution in [0.3, 0.4) is 0 Å². The standard InChI is InChI=1S/C26H31N5O8/c27-17(13-22(33)34)23(35)29-18(11-15-7-3-1-4-8-15)24(36)30-19(12-16-9-5-2-6-10-16)25(37)31-20(26(38)39)14-21(28)32/h1-10,17-20H,11-14,27H2,(H2,28,32)(H,29,35)(H,30,36)(H,31,37)(H,33,34)(H,38,39). The van der Waals surface area contributed by atoms with Crippen molar-refractivity contribution in [2.24, 2.45) is 11.5 Å². The highest BCUT2D eigenvalue weighted by Crippen LogP contribution is 2.08. The predicted molar refractivity (Wildman–Crippen MR) is 138 cm³/mol. The first kappa shape index (κ1) is 30.4. The third kappa shape index (κ3) is 10.6. The van der Waals surface area contributed by atoms with Crippen LogP contribution in [0.4, 0.5) is 0 Å². The molecule has 0 fully saturated rings. The summed E-state index contributed by atoms with van der Waals surface area (Å²) in [6.07, 6.45) is -1.40. The number of rotatable bonds is 15. The van der Waals surface area contributed by atoms with Crippen molar-refractivity contribution in [3.05, 3.63) is 71.8 Å². The summed E-state index contributed by atoms with van der Waals surface area (Å²) in [6, 6.07) is 11.5. The number of hydrogen-bond acceptors (Lipinski definition) is 7. The van der Waals surface area contributed by atoms with Crippen molar-refractivity contribution >= 4 is 35.6 Å². The van der Waals surface area contributed by atoms with Crippen LogP contribution in [-0.4, -0.2) is 69.9 Å². The van der Waals surface area contributed by atoms with Gasteiger partial charge in [-0.05, 0) is 11.1 Å². The topological polar surface area (TPSA) is 231 Å². The highest BCUT2D eigenvalue weighted by molar-refractivity contribution is 5.95. The molecule has 0 aliphatic rings. The summed E-state index contributed by atoms with van der Waals surface area (Å²) < 4.78 is 0. The lowest BCUT2D eigenvalue weighted by Gasteiger charge is -2.25. The van der Waals surface area contributed by atoms with E-state index >= 15 is 0 Å². The van der Waals surface area contributed by atoms with Gasteiger partial charge in [0, 0.05) is 12.8 Å². The monoisotopic (exact) mass is 541 g/mol. The normalized spacial score (nSPS) is 13.7. The lowest BCUT2D eigenvalue weighted by Crippen LogP contribution is -2.58. The van der Waals surface area contributed by atoms with Crippen LogP contribution in [0.1, 0.15) is 24.0 Å². The van der Waals surface area contributed by atoms with Crippen LogP contribution in [0.5, 0.6) is 0 Å². The molecule has 4 atom stereocenters. The number of nitrogens with one attached hydrogen (secondary N) is 3. The summed E-state index contributed by atoms with van der Waals surface area (Å²) >= 11 is 0. The molecule has 0 heterocycles. The molecule has 0 aliphatic heterocycles. The molecule has 2 aromatic rings. The molecule has 0 saturated carbocycles. The fraction of sp³-hybridized carbons (Fsp3) is 0.308. The zero-order valence-electron chi connectivity index (χ0n) is 20.9. The van der Waals surface area contributed by atoms with E-state index in [1.54, 1.807) is 60.7 Å². The Balaban J connectivity index is 2.31. The van der Waals surface area contributed by atoms with Crippen LogP contribution in [0.15, 0.2) is 60.7 Å². The molecule has 39 heavy (non-hydrogen) atoms. The van der Waals surface area contributed by atoms with E-state index in [9.17, 15) is 33.9 Å². The molecule has 13 heteroatoms. The fourth-order valence-electron chi connectivity index (χ4n) is 3.62. The van der Waals surface area contributed by atoms with Gasteiger partial charge in [-0.2, -0.15) is 0 Å². The van der Waals surface area contributed by atoms with Crippen LogP contribution in [0.25, 0.3) is 0 Å². The molecule has 0 radical (unpaired) electrons. The van der Waals surface area contributed by atoms with Crippen molar-refractivity contribution < 1.29 is 39.0 Å². The predicted octanol–water partition coefficient (Wildman–Crippen LogP) is -1.31. The van der Waals surface area contributed by atoms with Crippen molar-refractivity contribution in [3.8, 4) is 0 Å². The summed E-state index contributed by atoms with van der Waals surface area (Å²) in [6.45, 7) is 0. The van der Waals surface area contributed by atoms with Crippen LogP contribution in [0.2, 0.25) is 0 Å². The average Bonchev–Trinajstić information content (AvgIpc) is 2.87. The van der Waals surface area contributed by atoms with Gasteiger partial charge in [-0.15, -0.1) is 0 Å². The van der Waals surface area contributed by atoms with E-state index in [1.807, 2.05) is 0 Å². The molecule has 0 bridgehead atoms. The van der Waals surface area contributed by atoms with Gasteiger partial charge in [0.05, 0.1) is 18.9 Å². The van der Waals surface area contributed by atoms with Gasteiger partial charge in [-0.3, -0.25) is 24.0 Å². The number of amides is 4. The molecule has 0 saturated heterocycles. The van der Waals surface area contributed by atoms with E-state index in [1.165, 1.54) is 0 Å². The Morgan fingerprint density at radius 1 is 0.641 bits per heavy atom. The maximum Gasteiger partial charge on any atom is 0.326 e. The number of carbonyl (C=O) groups is 6. The molecule has 13 nitrogen and oxygen atoms in total. The average molecular weight is 542 g/mol. The lowest BCUT2D eigenvalue weighted by molar-refractivity contribution is -0.143. The van der Waals surface area contributed by atoms with Gasteiger partial charge in [0.2, 0.25) is 23.6 Å². The smallest absolute Gasteiger partial charge is 0.326 e. The Labute approximate surface area is 223 Å². The molecular weight excluding hydrogens is 510 g/mol. The zero-order valence-corrected chi connectivity index (χ0v) is 20.9. The third-order valence-electron chi connectivity index (χ3n) is 5.58. The Morgan fingerprint density at radius 2 is 1.05 bits per heavy atom. The molecule has 2 aromatic carbocycles. The van der Waals surface area contributed by atoms with Gasteiger partial charge in [-0.1, -0.05) is 60.7 Å². The first-order chi connectivity index (χ1) is 18.5. The second-order valence-electron chi connectivity index (χ2n) is 8.78. The Bertz CT molecular complexity index is 1180. The summed E-state index contributed by atoms with van der Waals surface area (Å²) in [7, 11) is 0. The number of carbonyl (C=O) groups excluding carboxylic acids is 4. The van der Waals surface area contributed by atoms with Crippen LogP contribution < -0.4 is 27.4 Å².